The standard InChI is InChI=1S/C63H116N12O12S/c1-21-45-58(82)73(18)50(37-88-31-27-26-30-76)60(84)70(15)47(33-39(4)5)57(81)68-52(41(8)9)61(85)71(16)46(32-38(2)3)55(79)66-44(13)54(78)65-36-51(77)69(14)49(34-40(6)7)59(83)75(20)63(87)74(19)53(42(10)11)62(86)72(17)48(56(80)67-45)35-43(12)28-24-22-23-25-29-64/h38-50,52-53,76H,21-37,64H2,1-20H3,(H,65,78)(H,66,79)(H,67,80)(H,68,81)/t43-,44-,45?,46-,47+,48?,49-,50-,52-,53?/m1/s1. The van der Waals surface area contributed by atoms with Crippen molar-refractivity contribution in [3.8, 4) is 0 Å². The quantitative estimate of drug-likeness (QED) is 0.0791. The van der Waals surface area contributed by atoms with Crippen LogP contribution in [-0.2, 0) is 47.9 Å². The molecule has 1 saturated heterocycles. The highest BCUT2D eigenvalue weighted by Gasteiger charge is 2.44. The molecule has 7 N–H and O–H groups in total. The molecule has 0 aromatic rings. The second-order valence-electron chi connectivity index (χ2n) is 26.2. The van der Waals surface area contributed by atoms with E-state index in [1.54, 1.807) is 34.6 Å². The van der Waals surface area contributed by atoms with Gasteiger partial charge in [0.2, 0.25) is 53.2 Å². The van der Waals surface area contributed by atoms with Crippen LogP contribution in [0, 0.1) is 35.5 Å². The molecule has 12 amide bonds. The van der Waals surface area contributed by atoms with Gasteiger partial charge < -0.3 is 61.5 Å². The summed E-state index contributed by atoms with van der Waals surface area (Å²) in [5.74, 6) is -7.63. The molecule has 0 aromatic heterocycles. The fraction of sp³-hybridized carbons (Fsp3) is 0.825. The van der Waals surface area contributed by atoms with Crippen LogP contribution >= 0.6 is 11.8 Å². The Morgan fingerprint density at radius 1 is 0.511 bits per heavy atom. The molecule has 0 spiro atoms. The number of urea groups is 1. The summed E-state index contributed by atoms with van der Waals surface area (Å²) in [6.45, 7) is 23.1. The average Bonchev–Trinajstić information content (AvgIpc) is 1.00. The van der Waals surface area contributed by atoms with Gasteiger partial charge in [-0.25, -0.2) is 4.79 Å². The van der Waals surface area contributed by atoms with Crippen molar-refractivity contribution in [2.45, 2.75) is 221 Å². The summed E-state index contributed by atoms with van der Waals surface area (Å²) in [5.41, 5.74) is 5.76. The lowest BCUT2D eigenvalue weighted by Crippen LogP contribution is -2.62. The Morgan fingerprint density at radius 3 is 1.51 bits per heavy atom. The molecule has 1 rings (SSSR count). The van der Waals surface area contributed by atoms with E-state index in [1.807, 2.05) is 48.5 Å². The number of amides is 12. The van der Waals surface area contributed by atoms with E-state index in [4.69, 9.17) is 5.73 Å². The number of aliphatic hydroxyl groups excluding tert-OH is 1. The summed E-state index contributed by atoms with van der Waals surface area (Å²) in [6.07, 6.45) is 6.04. The van der Waals surface area contributed by atoms with Gasteiger partial charge in [0.05, 0.1) is 6.54 Å². The van der Waals surface area contributed by atoms with Gasteiger partial charge in [0.15, 0.2) is 0 Å². The zero-order chi connectivity index (χ0) is 67.6. The molecule has 88 heavy (non-hydrogen) atoms. The van der Waals surface area contributed by atoms with Crippen LogP contribution < -0.4 is 27.0 Å². The number of nitrogens with two attached hydrogens (primary N) is 1. The van der Waals surface area contributed by atoms with Gasteiger partial charge in [-0.3, -0.25) is 52.8 Å². The van der Waals surface area contributed by atoms with Crippen molar-refractivity contribution in [2.24, 2.45) is 41.2 Å². The first-order valence-electron chi connectivity index (χ1n) is 32.0. The van der Waals surface area contributed by atoms with Gasteiger partial charge in [-0.05, 0) is 106 Å². The lowest BCUT2D eigenvalue weighted by molar-refractivity contribution is -0.150. The Labute approximate surface area is 531 Å². The van der Waals surface area contributed by atoms with E-state index >= 15 is 19.2 Å². The maximum atomic E-state index is 15.2. The van der Waals surface area contributed by atoms with Crippen molar-refractivity contribution < 1.29 is 57.8 Å². The van der Waals surface area contributed by atoms with Crippen molar-refractivity contribution in [1.82, 2.24) is 55.6 Å². The number of carbonyl (C=O) groups is 11. The first kappa shape index (κ1) is 80.5. The summed E-state index contributed by atoms with van der Waals surface area (Å²) in [4.78, 5) is 169. The number of hydrogen-bond donors (Lipinski definition) is 6. The maximum absolute atomic E-state index is 15.2. The van der Waals surface area contributed by atoms with Crippen molar-refractivity contribution >= 4 is 76.9 Å². The Balaban J connectivity index is 4.33. The fourth-order valence-corrected chi connectivity index (χ4v) is 12.1. The molecular formula is C63H116N12O12S. The number of likely N-dealkylation sites (N-methyl/N-ethyl adjacent to an activating group) is 7. The molecule has 0 bridgehead atoms. The minimum atomic E-state index is -1.22. The number of carbonyl (C=O) groups excluding carboxylic acids is 11. The molecule has 506 valence electrons. The molecule has 0 radical (unpaired) electrons. The average molecular weight is 1270 g/mol. The highest BCUT2D eigenvalue weighted by molar-refractivity contribution is 7.99. The molecule has 0 aromatic carbocycles. The third kappa shape index (κ3) is 24.7. The number of imide groups is 1. The number of unbranched alkanes of at least 4 members (excludes halogenated alkanes) is 4. The topological polar surface area (TPSA) is 305 Å². The number of nitrogens with one attached hydrogen (secondary N) is 4. The maximum Gasteiger partial charge on any atom is 0.326 e. The Kier molecular flexibility index (Phi) is 36.2. The molecule has 1 aliphatic rings. The van der Waals surface area contributed by atoms with Crippen LogP contribution in [0.4, 0.5) is 4.79 Å². The van der Waals surface area contributed by atoms with Crippen molar-refractivity contribution in [2.75, 3.05) is 80.5 Å². The summed E-state index contributed by atoms with van der Waals surface area (Å²) in [5, 5.41) is 20.6. The molecule has 0 saturated carbocycles. The minimum Gasteiger partial charge on any atom is -0.396 e. The molecule has 10 atom stereocenters. The van der Waals surface area contributed by atoms with Crippen molar-refractivity contribution in [1.29, 1.82) is 0 Å². The van der Waals surface area contributed by atoms with E-state index in [2.05, 4.69) is 21.3 Å². The number of nitrogens with zero attached hydrogens (tertiary/aromatic N) is 7. The van der Waals surface area contributed by atoms with Crippen LogP contribution in [0.3, 0.4) is 0 Å². The summed E-state index contributed by atoms with van der Waals surface area (Å²) >= 11 is 1.39. The van der Waals surface area contributed by atoms with Gasteiger partial charge in [-0.2, -0.15) is 11.8 Å². The fourth-order valence-electron chi connectivity index (χ4n) is 10.9. The molecule has 0 aliphatic carbocycles. The molecule has 1 fully saturated rings. The van der Waals surface area contributed by atoms with E-state index < -0.39 is 138 Å². The lowest BCUT2D eigenvalue weighted by atomic mass is 9.93. The van der Waals surface area contributed by atoms with E-state index in [0.29, 0.717) is 31.6 Å². The zero-order valence-corrected chi connectivity index (χ0v) is 58.1. The smallest absolute Gasteiger partial charge is 0.326 e. The number of hydrogen-bond acceptors (Lipinski definition) is 14. The van der Waals surface area contributed by atoms with Crippen LogP contribution in [0.5, 0.6) is 0 Å². The van der Waals surface area contributed by atoms with Gasteiger partial charge in [-0.1, -0.05) is 109 Å². The van der Waals surface area contributed by atoms with Crippen molar-refractivity contribution in [3.63, 3.8) is 0 Å². The zero-order valence-electron chi connectivity index (χ0n) is 57.2. The predicted molar refractivity (Wildman–Crippen MR) is 345 cm³/mol. The van der Waals surface area contributed by atoms with Crippen LogP contribution in [0.1, 0.15) is 167 Å². The first-order valence-corrected chi connectivity index (χ1v) is 33.1. The minimum absolute atomic E-state index is 0.0330. The Morgan fingerprint density at radius 2 is 1.00 bits per heavy atom. The Bertz CT molecular complexity index is 2290. The van der Waals surface area contributed by atoms with Crippen LogP contribution in [0.25, 0.3) is 0 Å². The normalized spacial score (nSPS) is 24.9. The second-order valence-corrected chi connectivity index (χ2v) is 27.4. The van der Waals surface area contributed by atoms with Gasteiger partial charge in [0, 0.05) is 61.7 Å². The number of thioether (sulfide) groups is 1. The lowest BCUT2D eigenvalue weighted by Gasteiger charge is -2.39. The van der Waals surface area contributed by atoms with Crippen LogP contribution in [-0.4, -0.2) is 239 Å². The summed E-state index contributed by atoms with van der Waals surface area (Å²) in [6, 6.07) is -11.6. The van der Waals surface area contributed by atoms with E-state index in [-0.39, 0.29) is 68.1 Å². The van der Waals surface area contributed by atoms with E-state index in [9.17, 15) is 38.7 Å². The first-order chi connectivity index (χ1) is 41.0. The third-order valence-electron chi connectivity index (χ3n) is 16.6. The summed E-state index contributed by atoms with van der Waals surface area (Å²) < 4.78 is 0. The highest BCUT2D eigenvalue weighted by atomic mass is 32.2. The second kappa shape index (κ2) is 39.5. The Hall–Kier alpha value is -5.56. The SMILES string of the molecule is CCC1NC(=O)C(C[C@H](C)CCCCCCN)N(C)C(=O)C(C(C)C)N(C)C(=O)N(C)C(=O)[C@@H](CC(C)C)N(C)C(=O)CNC(=O)[C@@H](C)NC(=O)[C@@H](CC(C)C)N(C)C(=O)[C@@H](C(C)C)NC(=O)[C@H](CC(C)C)N(C)C(=O)[C@@H](CSCCCCO)N(C)C1=O. The van der Waals surface area contributed by atoms with E-state index in [0.717, 1.165) is 40.4 Å². The predicted octanol–water partition coefficient (Wildman–Crippen LogP) is 3.91. The van der Waals surface area contributed by atoms with Gasteiger partial charge in [-0.15, -0.1) is 0 Å². The number of aliphatic hydroxyl groups is 1. The largest absolute Gasteiger partial charge is 0.396 e. The van der Waals surface area contributed by atoms with Crippen LogP contribution in [0.15, 0.2) is 0 Å². The number of rotatable bonds is 23. The van der Waals surface area contributed by atoms with Crippen molar-refractivity contribution in [3.05, 3.63) is 0 Å². The van der Waals surface area contributed by atoms with Gasteiger partial charge in [0.1, 0.15) is 54.4 Å². The molecular weight excluding hydrogens is 1150 g/mol. The molecule has 25 heteroatoms. The molecule has 24 nitrogen and oxygen atoms in total. The van der Waals surface area contributed by atoms with Gasteiger partial charge in [0.25, 0.3) is 5.91 Å². The highest BCUT2D eigenvalue weighted by Crippen LogP contribution is 2.25. The molecule has 3 unspecified atom stereocenters. The van der Waals surface area contributed by atoms with Gasteiger partial charge >= 0.3 is 6.03 Å². The van der Waals surface area contributed by atoms with E-state index in [1.165, 1.54) is 87.6 Å². The van der Waals surface area contributed by atoms with Crippen LogP contribution in [0.2, 0.25) is 0 Å². The summed E-state index contributed by atoms with van der Waals surface area (Å²) in [7, 11) is 9.88. The molecule has 1 heterocycles. The monoisotopic (exact) mass is 1260 g/mol. The third-order valence-corrected chi connectivity index (χ3v) is 17.7. The molecule has 1 aliphatic heterocycles.